The molecule has 0 bridgehead atoms. The summed E-state index contributed by atoms with van der Waals surface area (Å²) in [5.74, 6) is 0. The summed E-state index contributed by atoms with van der Waals surface area (Å²) in [6.07, 6.45) is -94.8. The molecule has 5 aliphatic rings. The van der Waals surface area contributed by atoms with Gasteiger partial charge in [-0.05, 0) is 6.42 Å². The molecule has 0 aliphatic carbocycles. The first-order valence-electron chi connectivity index (χ1n) is 31.7. The van der Waals surface area contributed by atoms with E-state index in [0.717, 1.165) is 0 Å². The van der Waals surface area contributed by atoms with Crippen molar-refractivity contribution in [1.29, 1.82) is 0 Å². The Balaban J connectivity index is 2.05. The second-order valence-electron chi connectivity index (χ2n) is 24.3. The molecule has 5 fully saturated rings. The highest BCUT2D eigenvalue weighted by Crippen LogP contribution is 2.44. The molecule has 0 saturated carbocycles. The van der Waals surface area contributed by atoms with Crippen molar-refractivity contribution < 1.29 is 322 Å². The van der Waals surface area contributed by atoms with Crippen molar-refractivity contribution in [2.75, 3.05) is 33.0 Å². The van der Waals surface area contributed by atoms with Crippen LogP contribution in [0.3, 0.4) is 0 Å². The summed E-state index contributed by atoms with van der Waals surface area (Å²) >= 11 is 0. The van der Waals surface area contributed by atoms with Crippen LogP contribution in [-0.2, 0) is 281 Å². The summed E-state index contributed by atoms with van der Waals surface area (Å²) in [6, 6.07) is 0. The lowest BCUT2D eigenvalue weighted by atomic mass is 9.95. The Kier molecular flexibility index (Phi) is 39.8. The molecular formula is C37H66O74S16. The van der Waals surface area contributed by atoms with Crippen LogP contribution in [0.4, 0.5) is 0 Å². The molecule has 0 aromatic rings. The Hall–Kier alpha value is -2.48. The van der Waals surface area contributed by atoms with Crippen LogP contribution in [-0.4, -0.2) is 394 Å². The molecule has 25 atom stereocenters. The molecule has 16 N–H and O–H groups in total. The van der Waals surface area contributed by atoms with Crippen LogP contribution in [0.25, 0.3) is 0 Å². The zero-order valence-corrected chi connectivity index (χ0v) is 73.6. The zero-order valence-electron chi connectivity index (χ0n) is 60.6. The molecular weight excluding hydrogens is 2140 g/mol. The first-order chi connectivity index (χ1) is 56.8. The maximum absolute atomic E-state index is 13.4. The lowest BCUT2D eigenvalue weighted by Gasteiger charge is -2.51. The normalized spacial score (nSPS) is 32.2. The molecule has 5 rings (SSSR count). The minimum atomic E-state index is -7.11. The SMILES string of the molecule is CCCCCCCCO[C@H]1O[C@H](OS(=O)(=O)O)[C@@H](OS(=O)(=O)O)[C@H](OS(=O)(=O)O)[C@@H]1O[C@H]1O[C@H](COS(=O)(=O)O)[C@@H](OS(=O)(=O)O)[C@H](O[C@H]2O[C@H](COS(=O)(=O)O)[C@@H](OS(=O)(=O)O)[C@H](O[C@H]3O[C@H](COS(=O)(=O)O)[C@@H](OS(=O)(=O)O)[C@H](O[C@H]4O[C@H](COS(=O)(=O)O)[C@@H](OS(=O)(=O)O)[C@H](OS(=O)(=O)O)[C@@H]4OS(=O)(=O)O)[C@@H]3OS(=O)(=O)O)[C@@H]2OS(=O)(=O)O)[C@@H]1OS(=O)(=O)O. The molecule has 5 heterocycles. The minimum Gasteiger partial charge on any atom is -0.350 e. The van der Waals surface area contributed by atoms with Gasteiger partial charge < -0.3 is 47.4 Å². The third kappa shape index (κ3) is 42.8. The minimum absolute atomic E-state index is 0.0195. The summed E-state index contributed by atoms with van der Waals surface area (Å²) in [5.41, 5.74) is 0. The number of ether oxygens (including phenoxy) is 10. The smallest absolute Gasteiger partial charge is 0.350 e. The quantitative estimate of drug-likeness (QED) is 0.0199. The van der Waals surface area contributed by atoms with Gasteiger partial charge in [0.05, 0.1) is 26.4 Å². The summed E-state index contributed by atoms with van der Waals surface area (Å²) in [5, 5.41) is 0. The standard InChI is InChI=1S/C37H66O74S16/c1-2-3-4-5-6-7-8-86-32-26(25(105-121(65,66)67)31(110-126(80,81)82)37(99-32)111-127(83,84)85)98-35-29(108-124(74,75)76)23(19(102-118(56,57)58)15(93-35)11-89-114(44,45)46)96-33-27(106-122(68,69)70)21(17(100-116(50,51)52)13(91-33)9-87-112(38,39)40)95-34-28(107-123(71,72)73)22(18(101-117(53,54)55)14(92-34)10-88-113(41,42)43)97-36-30(109-125(77,78)79)24(104-120(62,63)64)20(103-119(59,60)61)16(94-36)12-90-115(47,48)49/h13-37H,2-12H2,1H3,(H,38,39,40)(H,41,42,43)(H,44,45,46)(H,47,48,49)(H,50,51,52)(H,53,54,55)(H,56,57,58)(H,59,60,61)(H,62,63,64)(H,65,66,67)(H,68,69,70)(H,71,72,73)(H,74,75,76)(H,77,78,79)(H,80,81,82)(H,83,84,85)/t13-,14-,15-,16-,17-,18-,19-,20-,21+,22+,23+,24+,25-,26+,27+,28+,29+,30+,31+,32+,33-,34-,35-,36-,37-/m1/s1. The number of hydrogen-bond acceptors (Lipinski definition) is 58. The van der Waals surface area contributed by atoms with Gasteiger partial charge in [-0.1, -0.05) is 39.0 Å². The zero-order chi connectivity index (χ0) is 97.6. The molecule has 0 spiro atoms. The van der Waals surface area contributed by atoms with Crippen LogP contribution in [0.15, 0.2) is 0 Å². The monoisotopic (exact) mass is 2210 g/mol. The molecule has 754 valence electrons. The lowest BCUT2D eigenvalue weighted by Crippen LogP contribution is -2.70. The second-order valence-corrected chi connectivity index (χ2v) is 41.3. The van der Waals surface area contributed by atoms with Crippen molar-refractivity contribution in [2.24, 2.45) is 0 Å². The van der Waals surface area contributed by atoms with E-state index in [9.17, 15) is 208 Å². The van der Waals surface area contributed by atoms with E-state index in [-0.39, 0.29) is 19.3 Å². The van der Waals surface area contributed by atoms with E-state index in [4.69, 9.17) is 47.4 Å². The maximum Gasteiger partial charge on any atom is 0.399 e. The molecule has 74 nitrogen and oxygen atoms in total. The van der Waals surface area contributed by atoms with Crippen LogP contribution in [0, 0.1) is 0 Å². The van der Waals surface area contributed by atoms with Gasteiger partial charge in [-0.3, -0.25) is 72.8 Å². The van der Waals surface area contributed by atoms with Crippen molar-refractivity contribution >= 4 is 166 Å². The van der Waals surface area contributed by atoms with Gasteiger partial charge in [0.2, 0.25) is 6.29 Å². The third-order valence-corrected chi connectivity index (χ3v) is 22.4. The fraction of sp³-hybridized carbons (Fsp3) is 1.00. The first-order valence-corrected chi connectivity index (χ1v) is 53.5. The van der Waals surface area contributed by atoms with Crippen LogP contribution in [0.5, 0.6) is 0 Å². The van der Waals surface area contributed by atoms with Crippen molar-refractivity contribution in [3.63, 3.8) is 0 Å². The highest BCUT2D eigenvalue weighted by molar-refractivity contribution is 7.84. The van der Waals surface area contributed by atoms with Gasteiger partial charge in [-0.15, -0.1) is 0 Å². The van der Waals surface area contributed by atoms with Gasteiger partial charge in [0.15, 0.2) is 62.0 Å². The van der Waals surface area contributed by atoms with Gasteiger partial charge in [0.1, 0.15) is 85.5 Å². The largest absolute Gasteiger partial charge is 0.399 e. The number of unbranched alkanes of at least 4 members (excludes halogenated alkanes) is 5. The predicted molar refractivity (Wildman–Crippen MR) is 365 cm³/mol. The van der Waals surface area contributed by atoms with Crippen LogP contribution in [0.1, 0.15) is 45.4 Å². The summed E-state index contributed by atoms with van der Waals surface area (Å²) < 4.78 is 688. The molecule has 0 aromatic carbocycles. The Morgan fingerprint density at radius 3 is 0.614 bits per heavy atom. The highest BCUT2D eigenvalue weighted by atomic mass is 32.3. The van der Waals surface area contributed by atoms with Gasteiger partial charge in [0.25, 0.3) is 0 Å². The molecule has 5 aliphatic heterocycles. The summed E-state index contributed by atoms with van der Waals surface area (Å²) in [4.78, 5) is 0. The van der Waals surface area contributed by atoms with E-state index in [2.05, 4.69) is 66.9 Å². The maximum atomic E-state index is 13.4. The van der Waals surface area contributed by atoms with Crippen LogP contribution in [0.2, 0.25) is 0 Å². The van der Waals surface area contributed by atoms with Gasteiger partial charge in [-0.2, -0.15) is 135 Å². The van der Waals surface area contributed by atoms with Crippen molar-refractivity contribution in [3.8, 4) is 0 Å². The molecule has 127 heavy (non-hydrogen) atoms. The molecule has 0 unspecified atom stereocenters. The average molecular weight is 2210 g/mol. The van der Waals surface area contributed by atoms with E-state index >= 15 is 0 Å². The highest BCUT2D eigenvalue weighted by Gasteiger charge is 2.65. The first kappa shape index (κ1) is 115. The van der Waals surface area contributed by atoms with E-state index in [1.54, 1.807) is 6.92 Å². The molecule has 0 amide bonds. The Labute approximate surface area is 715 Å². The lowest BCUT2D eigenvalue weighted by molar-refractivity contribution is -0.392. The van der Waals surface area contributed by atoms with E-state index in [1.165, 1.54) is 0 Å². The average Bonchev–Trinajstić information content (AvgIpc) is 0.769. The molecule has 5 saturated heterocycles. The van der Waals surface area contributed by atoms with Gasteiger partial charge >= 0.3 is 166 Å². The Morgan fingerprint density at radius 1 is 0.189 bits per heavy atom. The Morgan fingerprint density at radius 2 is 0.378 bits per heavy atom. The second kappa shape index (κ2) is 43.9. The van der Waals surface area contributed by atoms with Crippen molar-refractivity contribution in [3.05, 3.63) is 0 Å². The van der Waals surface area contributed by atoms with Gasteiger partial charge in [-0.25, -0.2) is 66.9 Å². The fourth-order valence-corrected chi connectivity index (χ4v) is 18.3. The third-order valence-electron chi connectivity index (χ3n) is 15.1. The summed E-state index contributed by atoms with van der Waals surface area (Å²) in [7, 11) is -106. The topological polar surface area (TPSA) is 1110 Å². The number of rotatable bonds is 52. The van der Waals surface area contributed by atoms with Crippen molar-refractivity contribution in [1.82, 2.24) is 0 Å². The van der Waals surface area contributed by atoms with Crippen LogP contribution >= 0.6 is 0 Å². The predicted octanol–water partition coefficient (Wildman–Crippen LogP) is -11.3. The number of hydrogen-bond donors (Lipinski definition) is 16. The van der Waals surface area contributed by atoms with E-state index < -0.39 is 353 Å². The van der Waals surface area contributed by atoms with E-state index in [0.29, 0.717) is 19.3 Å². The van der Waals surface area contributed by atoms with E-state index in [1.807, 2.05) is 0 Å². The van der Waals surface area contributed by atoms with Gasteiger partial charge in [0, 0.05) is 6.61 Å². The molecule has 90 heteroatoms. The van der Waals surface area contributed by atoms with Crippen LogP contribution < -0.4 is 0 Å². The molecule has 0 radical (unpaired) electrons. The summed E-state index contributed by atoms with van der Waals surface area (Å²) in [6.45, 7) is -9.16. The fourth-order valence-electron chi connectivity index (χ4n) is 11.3. The molecule has 0 aromatic heterocycles. The Bertz CT molecular complexity index is 5710. The van der Waals surface area contributed by atoms with Crippen molar-refractivity contribution in [2.45, 2.75) is 199 Å².